The van der Waals surface area contributed by atoms with E-state index in [0.717, 1.165) is 16.7 Å². The smallest absolute Gasteiger partial charge is 0.295 e. The molecule has 7 heteroatoms. The Hall–Kier alpha value is -2.67. The van der Waals surface area contributed by atoms with Crippen molar-refractivity contribution in [3.8, 4) is 0 Å². The Kier molecular flexibility index (Phi) is 4.61. The fourth-order valence-electron chi connectivity index (χ4n) is 2.12. The van der Waals surface area contributed by atoms with Crippen LogP contribution in [0.5, 0.6) is 0 Å². The summed E-state index contributed by atoms with van der Waals surface area (Å²) in [5.74, 6) is -1.24. The van der Waals surface area contributed by atoms with Gasteiger partial charge in [-0.25, -0.2) is 8.78 Å². The van der Waals surface area contributed by atoms with E-state index in [9.17, 15) is 18.4 Å². The van der Waals surface area contributed by atoms with E-state index in [-0.39, 0.29) is 17.4 Å². The molecule has 2 aromatic carbocycles. The van der Waals surface area contributed by atoms with Crippen LogP contribution >= 0.6 is 11.8 Å². The van der Waals surface area contributed by atoms with Crippen LogP contribution in [-0.2, 0) is 4.79 Å². The Morgan fingerprint density at radius 2 is 1.79 bits per heavy atom. The number of amides is 2. The first-order valence-corrected chi connectivity index (χ1v) is 7.85. The standard InChI is InChI=1S/C17H12F2N2O2S/c18-12-4-6-14(7-5-12)20-10-21-16(22)15(24-17(21)23)9-11-2-1-3-13(19)8-11/h1-9,20H,10H2/b15-9-. The van der Waals surface area contributed by atoms with Gasteiger partial charge < -0.3 is 5.32 Å². The third kappa shape index (κ3) is 3.62. The quantitative estimate of drug-likeness (QED) is 0.848. The number of imide groups is 1. The van der Waals surface area contributed by atoms with Gasteiger partial charge in [0.05, 0.1) is 11.6 Å². The van der Waals surface area contributed by atoms with Crippen LogP contribution in [0.15, 0.2) is 53.4 Å². The van der Waals surface area contributed by atoms with Gasteiger partial charge in [-0.15, -0.1) is 0 Å². The van der Waals surface area contributed by atoms with Crippen LogP contribution < -0.4 is 5.32 Å². The topological polar surface area (TPSA) is 49.4 Å². The zero-order valence-electron chi connectivity index (χ0n) is 12.3. The lowest BCUT2D eigenvalue weighted by atomic mass is 10.2. The van der Waals surface area contributed by atoms with Crippen LogP contribution in [0.4, 0.5) is 19.3 Å². The first kappa shape index (κ1) is 16.2. The summed E-state index contributed by atoms with van der Waals surface area (Å²) in [5.41, 5.74) is 1.09. The largest absolute Gasteiger partial charge is 0.367 e. The van der Waals surface area contributed by atoms with Crippen molar-refractivity contribution < 1.29 is 18.4 Å². The first-order valence-electron chi connectivity index (χ1n) is 7.03. The number of halogens is 2. The molecule has 0 bridgehead atoms. The molecule has 2 amide bonds. The Balaban J connectivity index is 1.71. The summed E-state index contributed by atoms with van der Waals surface area (Å²) >= 11 is 0.796. The average Bonchev–Trinajstić information content (AvgIpc) is 2.81. The molecule has 0 radical (unpaired) electrons. The van der Waals surface area contributed by atoms with Crippen LogP contribution in [0.25, 0.3) is 6.08 Å². The normalized spacial score (nSPS) is 16.1. The highest BCUT2D eigenvalue weighted by Gasteiger charge is 2.34. The van der Waals surface area contributed by atoms with E-state index in [1.165, 1.54) is 48.5 Å². The SMILES string of the molecule is O=C1S/C(=C\c2cccc(F)c2)C(=O)N1CNc1ccc(F)cc1. The Bertz CT molecular complexity index is 822. The van der Waals surface area contributed by atoms with Gasteiger partial charge in [0.2, 0.25) is 0 Å². The van der Waals surface area contributed by atoms with Crippen molar-refractivity contribution in [3.05, 3.63) is 70.6 Å². The highest BCUT2D eigenvalue weighted by Crippen LogP contribution is 2.32. The van der Waals surface area contributed by atoms with E-state index in [1.807, 2.05) is 0 Å². The molecule has 1 aliphatic heterocycles. The minimum atomic E-state index is -0.455. The van der Waals surface area contributed by atoms with Crippen molar-refractivity contribution in [2.75, 3.05) is 12.0 Å². The maximum absolute atomic E-state index is 13.2. The maximum Gasteiger partial charge on any atom is 0.295 e. The number of hydrogen-bond donors (Lipinski definition) is 1. The zero-order chi connectivity index (χ0) is 17.1. The molecule has 0 aliphatic carbocycles. The highest BCUT2D eigenvalue weighted by molar-refractivity contribution is 8.18. The molecule has 24 heavy (non-hydrogen) atoms. The van der Waals surface area contributed by atoms with Crippen LogP contribution in [0.1, 0.15) is 5.56 Å². The molecule has 0 saturated carbocycles. The number of rotatable bonds is 4. The summed E-state index contributed by atoms with van der Waals surface area (Å²) in [6.45, 7) is -0.0310. The molecule has 1 saturated heterocycles. The monoisotopic (exact) mass is 346 g/mol. The second-order valence-electron chi connectivity index (χ2n) is 5.01. The van der Waals surface area contributed by atoms with Crippen molar-refractivity contribution >= 4 is 34.7 Å². The van der Waals surface area contributed by atoms with Crippen molar-refractivity contribution in [2.45, 2.75) is 0 Å². The van der Waals surface area contributed by atoms with Crippen molar-refractivity contribution in [2.24, 2.45) is 0 Å². The molecule has 4 nitrogen and oxygen atoms in total. The van der Waals surface area contributed by atoms with Crippen LogP contribution in [-0.4, -0.2) is 22.7 Å². The number of thioether (sulfide) groups is 1. The van der Waals surface area contributed by atoms with Crippen molar-refractivity contribution in [1.29, 1.82) is 0 Å². The minimum Gasteiger partial charge on any atom is -0.367 e. The summed E-state index contributed by atoms with van der Waals surface area (Å²) in [7, 11) is 0. The van der Waals surface area contributed by atoms with Crippen LogP contribution in [0.2, 0.25) is 0 Å². The molecule has 0 unspecified atom stereocenters. The maximum atomic E-state index is 13.2. The summed E-state index contributed by atoms with van der Waals surface area (Å²) in [6, 6.07) is 11.3. The number of anilines is 1. The van der Waals surface area contributed by atoms with Gasteiger partial charge in [-0.1, -0.05) is 12.1 Å². The number of nitrogens with zero attached hydrogens (tertiary/aromatic N) is 1. The van der Waals surface area contributed by atoms with Gasteiger partial charge in [0.25, 0.3) is 11.1 Å². The molecule has 1 N–H and O–H groups in total. The summed E-state index contributed by atoms with van der Waals surface area (Å²) in [4.78, 5) is 25.6. The number of benzene rings is 2. The summed E-state index contributed by atoms with van der Waals surface area (Å²) < 4.78 is 26.0. The first-order chi connectivity index (χ1) is 11.5. The van der Waals surface area contributed by atoms with Gasteiger partial charge in [-0.3, -0.25) is 14.5 Å². The highest BCUT2D eigenvalue weighted by atomic mass is 32.2. The lowest BCUT2D eigenvalue weighted by Gasteiger charge is -2.14. The van der Waals surface area contributed by atoms with Gasteiger partial charge >= 0.3 is 0 Å². The molecule has 0 spiro atoms. The molecule has 1 aliphatic rings. The Morgan fingerprint density at radius 3 is 2.50 bits per heavy atom. The van der Waals surface area contributed by atoms with E-state index >= 15 is 0 Å². The summed E-state index contributed by atoms with van der Waals surface area (Å²) in [5, 5.41) is 2.47. The number of nitrogens with one attached hydrogen (secondary N) is 1. The number of carbonyl (C=O) groups is 2. The molecule has 1 fully saturated rings. The lowest BCUT2D eigenvalue weighted by Crippen LogP contribution is -2.33. The fourth-order valence-corrected chi connectivity index (χ4v) is 2.96. The van der Waals surface area contributed by atoms with Gasteiger partial charge in [0, 0.05) is 5.69 Å². The van der Waals surface area contributed by atoms with Gasteiger partial charge in [0.1, 0.15) is 11.6 Å². The molecule has 2 aromatic rings. The van der Waals surface area contributed by atoms with E-state index in [4.69, 9.17) is 0 Å². The molecule has 0 atom stereocenters. The third-order valence-electron chi connectivity index (χ3n) is 3.31. The second kappa shape index (κ2) is 6.84. The molecule has 0 aromatic heterocycles. The van der Waals surface area contributed by atoms with Gasteiger partial charge in [-0.2, -0.15) is 0 Å². The van der Waals surface area contributed by atoms with Gasteiger partial charge in [-0.05, 0) is 59.8 Å². The Labute approximate surface area is 141 Å². The molecular weight excluding hydrogens is 334 g/mol. The van der Waals surface area contributed by atoms with E-state index in [2.05, 4.69) is 5.32 Å². The van der Waals surface area contributed by atoms with Crippen LogP contribution in [0.3, 0.4) is 0 Å². The second-order valence-corrected chi connectivity index (χ2v) is 6.00. The number of carbonyl (C=O) groups excluding carboxylic acids is 2. The number of hydrogen-bond acceptors (Lipinski definition) is 4. The molecule has 122 valence electrons. The van der Waals surface area contributed by atoms with Crippen LogP contribution in [0, 0.1) is 11.6 Å². The lowest BCUT2D eigenvalue weighted by molar-refractivity contribution is -0.122. The predicted octanol–water partition coefficient (Wildman–Crippen LogP) is 4.07. The predicted molar refractivity (Wildman–Crippen MR) is 89.1 cm³/mol. The molecule has 1 heterocycles. The third-order valence-corrected chi connectivity index (χ3v) is 4.21. The van der Waals surface area contributed by atoms with E-state index in [1.54, 1.807) is 6.07 Å². The summed E-state index contributed by atoms with van der Waals surface area (Å²) in [6.07, 6.45) is 1.48. The van der Waals surface area contributed by atoms with E-state index in [0.29, 0.717) is 11.3 Å². The zero-order valence-corrected chi connectivity index (χ0v) is 13.1. The van der Waals surface area contributed by atoms with Gasteiger partial charge in [0.15, 0.2) is 0 Å². The molecular formula is C17H12F2N2O2S. The molecule has 3 rings (SSSR count). The van der Waals surface area contributed by atoms with Crippen molar-refractivity contribution in [3.63, 3.8) is 0 Å². The Morgan fingerprint density at radius 1 is 1.04 bits per heavy atom. The van der Waals surface area contributed by atoms with E-state index < -0.39 is 17.0 Å². The fraction of sp³-hybridized carbons (Fsp3) is 0.0588. The minimum absolute atomic E-state index is 0.0310. The average molecular weight is 346 g/mol. The van der Waals surface area contributed by atoms with Crippen molar-refractivity contribution in [1.82, 2.24) is 4.90 Å².